The van der Waals surface area contributed by atoms with Gasteiger partial charge in [-0.1, -0.05) is 98.4 Å². The van der Waals surface area contributed by atoms with Gasteiger partial charge in [0.2, 0.25) is 23.6 Å². The maximum Gasteiger partial charge on any atom is 0.318 e. The molecule has 3 unspecified atom stereocenters. The van der Waals surface area contributed by atoms with Gasteiger partial charge in [0.15, 0.2) is 0 Å². The van der Waals surface area contributed by atoms with E-state index in [4.69, 9.17) is 42.6 Å². The fourth-order valence-electron chi connectivity index (χ4n) is 14.9. The number of rotatable bonds is 28. The number of halogens is 2. The van der Waals surface area contributed by atoms with Crippen molar-refractivity contribution in [2.24, 2.45) is 28.6 Å². The van der Waals surface area contributed by atoms with Crippen LogP contribution in [0.15, 0.2) is 84.9 Å². The maximum absolute atomic E-state index is 15.0. The van der Waals surface area contributed by atoms with Crippen molar-refractivity contribution in [3.05, 3.63) is 129 Å². The Kier molecular flexibility index (Phi) is 20.2. The van der Waals surface area contributed by atoms with Crippen LogP contribution in [-0.4, -0.2) is 133 Å². The summed E-state index contributed by atoms with van der Waals surface area (Å²) in [5.41, 5.74) is 2.34. The van der Waals surface area contributed by atoms with E-state index < -0.39 is 52.4 Å². The number of fused-ring (bicyclic) bond motifs is 2. The first-order valence-corrected chi connectivity index (χ1v) is 34.2. The van der Waals surface area contributed by atoms with E-state index in [0.717, 1.165) is 75.3 Å². The summed E-state index contributed by atoms with van der Waals surface area (Å²) < 4.78 is 11.5. The molecule has 498 valence electrons. The molecular weight excluding hydrogens is 1220 g/mol. The average molecular weight is 1310 g/mol. The largest absolute Gasteiger partial charge is 0.383 e. The van der Waals surface area contributed by atoms with Crippen LogP contribution in [0.4, 0.5) is 9.59 Å². The Bertz CT molecular complexity index is 3730. The Morgan fingerprint density at radius 1 is 0.624 bits per heavy atom. The minimum atomic E-state index is -1.20. The third kappa shape index (κ3) is 13.8. The fourth-order valence-corrected chi connectivity index (χ4v) is 15.4. The lowest BCUT2D eigenvalue weighted by atomic mass is 9.77. The van der Waals surface area contributed by atoms with Crippen LogP contribution in [0.2, 0.25) is 10.0 Å². The summed E-state index contributed by atoms with van der Waals surface area (Å²) in [6, 6.07) is 23.3. The molecule has 1 saturated heterocycles. The zero-order valence-corrected chi connectivity index (χ0v) is 56.4. The number of urea groups is 2. The summed E-state index contributed by atoms with van der Waals surface area (Å²) in [7, 11) is 3.11. The quantitative estimate of drug-likeness (QED) is 0.0224. The van der Waals surface area contributed by atoms with Crippen LogP contribution in [0, 0.1) is 28.6 Å². The van der Waals surface area contributed by atoms with Gasteiger partial charge in [-0.05, 0) is 173 Å². The second-order valence-electron chi connectivity index (χ2n) is 27.8. The van der Waals surface area contributed by atoms with Crippen molar-refractivity contribution in [2.45, 2.75) is 159 Å². The number of nitrogens with zero attached hydrogens (tertiary/aromatic N) is 3. The molecule has 93 heavy (non-hydrogen) atoms. The molecular formula is C71H92Cl2N12O8. The molecule has 0 bridgehead atoms. The maximum atomic E-state index is 15.0. The van der Waals surface area contributed by atoms with Gasteiger partial charge in [0.1, 0.15) is 23.7 Å². The molecule has 6 aromatic rings. The second-order valence-corrected chi connectivity index (χ2v) is 28.6. The summed E-state index contributed by atoms with van der Waals surface area (Å²) >= 11 is 14.4. The lowest BCUT2D eigenvalue weighted by Gasteiger charge is -2.36. The fraction of sp³-hybridized carbons (Fsp3) is 0.549. The summed E-state index contributed by atoms with van der Waals surface area (Å²) in [4.78, 5) is 105. The lowest BCUT2D eigenvalue weighted by Crippen LogP contribution is -2.57. The number of hydrogen-bond acceptors (Lipinski definition) is 10. The van der Waals surface area contributed by atoms with Crippen molar-refractivity contribution in [3.63, 3.8) is 0 Å². The topological polar surface area (TPSA) is 266 Å². The third-order valence-electron chi connectivity index (χ3n) is 21.4. The zero-order valence-electron chi connectivity index (χ0n) is 54.9. The van der Waals surface area contributed by atoms with Crippen molar-refractivity contribution >= 4 is 81.0 Å². The molecule has 4 aromatic carbocycles. The van der Waals surface area contributed by atoms with E-state index in [2.05, 4.69) is 61.0 Å². The number of methoxy groups -OCH3 is 2. The van der Waals surface area contributed by atoms with E-state index in [-0.39, 0.29) is 78.5 Å². The van der Waals surface area contributed by atoms with Gasteiger partial charge >= 0.3 is 12.1 Å². The van der Waals surface area contributed by atoms with E-state index in [1.54, 1.807) is 14.2 Å². The summed E-state index contributed by atoms with van der Waals surface area (Å²) in [5.74, 6) is -0.820. The number of carbonyl (C=O) groups is 6. The Labute approximate surface area is 555 Å². The van der Waals surface area contributed by atoms with Gasteiger partial charge in [-0.25, -0.2) is 19.6 Å². The monoisotopic (exact) mass is 1310 g/mol. The number of likely N-dealkylation sites (tertiary alicyclic amines) is 1. The highest BCUT2D eigenvalue weighted by Gasteiger charge is 2.59. The van der Waals surface area contributed by atoms with Crippen LogP contribution in [0.25, 0.3) is 22.1 Å². The van der Waals surface area contributed by atoms with Crippen molar-refractivity contribution in [3.8, 4) is 0 Å². The van der Waals surface area contributed by atoms with Crippen LogP contribution in [-0.2, 0) is 39.5 Å². The number of nitrogens with one attached hydrogen (secondary N) is 9. The zero-order chi connectivity index (χ0) is 66.0. The van der Waals surface area contributed by atoms with Gasteiger partial charge in [-0.2, -0.15) is 0 Å². The predicted octanol–water partition coefficient (Wildman–Crippen LogP) is 10.7. The number of carbonyl (C=O) groups excluding carboxylic acids is 6. The number of aromatic amines is 2. The number of H-pyrrole nitrogens is 2. The number of imidazole rings is 2. The molecule has 20 nitrogen and oxygen atoms in total. The van der Waals surface area contributed by atoms with Crippen molar-refractivity contribution < 1.29 is 38.2 Å². The van der Waals surface area contributed by atoms with Gasteiger partial charge in [0, 0.05) is 68.8 Å². The molecule has 2 aromatic heterocycles. The number of amides is 8. The average Bonchev–Trinajstić information content (AvgIpc) is 1.58. The minimum absolute atomic E-state index is 0.0396. The number of aromatic nitrogens is 4. The Hall–Kier alpha value is -7.26. The Balaban J connectivity index is 0.889. The number of ether oxygens (including phenoxy) is 2. The van der Waals surface area contributed by atoms with Gasteiger partial charge in [-0.15, -0.1) is 0 Å². The molecule has 5 fully saturated rings. The van der Waals surface area contributed by atoms with E-state index in [1.165, 1.54) is 0 Å². The summed E-state index contributed by atoms with van der Waals surface area (Å²) in [5, 5.41) is 23.3. The van der Waals surface area contributed by atoms with Crippen LogP contribution < -0.4 is 37.2 Å². The molecule has 10 atom stereocenters. The summed E-state index contributed by atoms with van der Waals surface area (Å²) in [6.45, 7) is 14.2. The van der Waals surface area contributed by atoms with Crippen LogP contribution in [0.5, 0.6) is 0 Å². The van der Waals surface area contributed by atoms with E-state index >= 15 is 0 Å². The first kappa shape index (κ1) is 67.2. The number of likely N-dealkylation sites (N-methyl/N-ethyl adjacent to an activating group) is 2. The highest BCUT2D eigenvalue weighted by molar-refractivity contribution is 6.31. The highest BCUT2D eigenvalue weighted by atomic mass is 35.5. The molecule has 1 aliphatic heterocycles. The molecule has 5 aliphatic rings. The van der Waals surface area contributed by atoms with Crippen LogP contribution in [0.3, 0.4) is 0 Å². The highest BCUT2D eigenvalue weighted by Crippen LogP contribution is 2.65. The lowest BCUT2D eigenvalue weighted by molar-refractivity contribution is -0.135. The van der Waals surface area contributed by atoms with Crippen molar-refractivity contribution in [2.75, 3.05) is 60.2 Å². The number of benzene rings is 4. The van der Waals surface area contributed by atoms with Crippen molar-refractivity contribution in [1.82, 2.24) is 62.1 Å². The molecule has 0 spiro atoms. The predicted molar refractivity (Wildman–Crippen MR) is 360 cm³/mol. The normalized spacial score (nSPS) is 21.7. The van der Waals surface area contributed by atoms with Gasteiger partial charge in [0.25, 0.3) is 0 Å². The molecule has 4 aliphatic carbocycles. The Morgan fingerprint density at radius 2 is 1.09 bits per heavy atom. The van der Waals surface area contributed by atoms with E-state index in [9.17, 15) is 28.8 Å². The van der Waals surface area contributed by atoms with Gasteiger partial charge < -0.3 is 61.6 Å². The van der Waals surface area contributed by atoms with Gasteiger partial charge in [0.05, 0.1) is 58.2 Å². The first-order valence-electron chi connectivity index (χ1n) is 33.4. The summed E-state index contributed by atoms with van der Waals surface area (Å²) in [6.07, 6.45) is 9.67. The molecule has 11 rings (SSSR count). The molecule has 3 heterocycles. The standard InChI is InChI=1S/C71H92Cl2N12O8/c1-9-74-62(86)56(41-19-17-20-41)81-64(88)70(5,39-92-7)43-27-29-50-52(35-43)79-60(77-50)58(54(68(3)31-32-68)46-23-11-13-25-48(46)72)83-66(90)76-38-45-37-69(45,4)55(47-24-12-14-26-49(47)73)59(84-67(91)85-33-15-16-34-85)61-78-51-30-28-44(36-53(51)80-61)71(6,40-93-8)65(89)82-57(42-21-18-22-42)63(87)75-10-2/h11-14,23-30,35-36,41-42,45,54-59H,9-10,15-22,31-34,37-40H2,1-8H3,(H,74,86)(H,75,87)(H,77,79)(H,78,80)(H,81,88)(H,82,89)(H,84,91)(H2,76,83,90)/t45?,54-,55-,56+,57+,58-,59-,69-,70?,71?/m0/s1. The second kappa shape index (κ2) is 28.0. The van der Waals surface area contributed by atoms with Crippen molar-refractivity contribution in [1.29, 1.82) is 0 Å². The molecule has 0 radical (unpaired) electrons. The smallest absolute Gasteiger partial charge is 0.318 e. The molecule has 4 saturated carbocycles. The van der Waals surface area contributed by atoms with Gasteiger partial charge in [-0.3, -0.25) is 19.2 Å². The SMILES string of the molecule is CCNC(=O)[C@H](NC(=O)C(C)(COC)c1ccc2nc([C@@H](NC(=O)NCC3C[C@]3(C)[C@@H](c3ccccc3Cl)[C@H](NC(=O)N3CCCC3)c3nc4ccc(C(C)(COC)C(=O)N[C@@H](C(=O)NCC)C5CCC5)cc4[nH]3)[C@H](c3ccccc3Cl)C3(C)CC3)[nH]c2c1)C1CCC1. The Morgan fingerprint density at radius 3 is 1.52 bits per heavy atom. The van der Waals surface area contributed by atoms with E-state index in [0.29, 0.717) is 87.5 Å². The molecule has 8 amide bonds. The molecule has 22 heteroatoms. The molecule has 9 N–H and O–H groups in total. The first-order chi connectivity index (χ1) is 44.7. The number of hydrogen-bond donors (Lipinski definition) is 9. The minimum Gasteiger partial charge on any atom is -0.383 e. The van der Waals surface area contributed by atoms with E-state index in [1.807, 2.05) is 118 Å². The third-order valence-corrected chi connectivity index (χ3v) is 22.1. The van der Waals surface area contributed by atoms with Crippen LogP contribution in [0.1, 0.15) is 170 Å². The van der Waals surface area contributed by atoms with Crippen LogP contribution >= 0.6 is 23.2 Å².